The van der Waals surface area contributed by atoms with Gasteiger partial charge in [0.1, 0.15) is 5.82 Å². The first-order valence-electron chi connectivity index (χ1n) is 3.45. The van der Waals surface area contributed by atoms with E-state index in [0.29, 0.717) is 4.47 Å². The van der Waals surface area contributed by atoms with Crippen molar-refractivity contribution in [3.63, 3.8) is 0 Å². The first kappa shape index (κ1) is 8.94. The lowest BCUT2D eigenvalue weighted by atomic mass is 9.92. The molecule has 62 valence electrons. The number of halogens is 1. The van der Waals surface area contributed by atoms with Gasteiger partial charge in [0.05, 0.1) is 0 Å². The first-order chi connectivity index (χ1) is 4.97. The van der Waals surface area contributed by atoms with Crippen LogP contribution in [0.4, 0.5) is 0 Å². The molecule has 11 heavy (non-hydrogen) atoms. The Morgan fingerprint density at radius 3 is 2.45 bits per heavy atom. The van der Waals surface area contributed by atoms with Crippen LogP contribution < -0.4 is 0 Å². The van der Waals surface area contributed by atoms with Crippen LogP contribution in [0.1, 0.15) is 26.6 Å². The van der Waals surface area contributed by atoms with Crippen LogP contribution in [0.2, 0.25) is 4.47 Å². The van der Waals surface area contributed by atoms with Crippen molar-refractivity contribution in [1.29, 1.82) is 0 Å². The standard InChI is InChI=1S/C7H11ClN2S/c1-7(2,3)4-5-9-6(8)11-10-5/h4H2,1-3H3. The third kappa shape index (κ3) is 3.16. The predicted molar refractivity (Wildman–Crippen MR) is 48.1 cm³/mol. The Hall–Kier alpha value is -0.150. The Balaban J connectivity index is 2.65. The number of hydrogen-bond donors (Lipinski definition) is 0. The first-order valence-corrected chi connectivity index (χ1v) is 4.60. The molecule has 0 aliphatic carbocycles. The van der Waals surface area contributed by atoms with Gasteiger partial charge in [-0.2, -0.15) is 4.37 Å². The molecule has 0 saturated heterocycles. The Kier molecular flexibility index (Phi) is 2.50. The molecule has 0 atom stereocenters. The summed E-state index contributed by atoms with van der Waals surface area (Å²) in [6, 6.07) is 0. The van der Waals surface area contributed by atoms with Crippen LogP contribution in [0.3, 0.4) is 0 Å². The second-order valence-corrected chi connectivity index (χ2v) is 5.03. The van der Waals surface area contributed by atoms with E-state index in [9.17, 15) is 0 Å². The molecule has 0 aromatic carbocycles. The summed E-state index contributed by atoms with van der Waals surface area (Å²) in [4.78, 5) is 4.07. The van der Waals surface area contributed by atoms with Crippen LogP contribution >= 0.6 is 23.1 Å². The van der Waals surface area contributed by atoms with Crippen LogP contribution in [0.5, 0.6) is 0 Å². The summed E-state index contributed by atoms with van der Waals surface area (Å²) in [5, 5.41) is 0. The zero-order chi connectivity index (χ0) is 8.48. The molecule has 1 rings (SSSR count). The molecule has 1 aromatic heterocycles. The highest BCUT2D eigenvalue weighted by Gasteiger charge is 2.14. The number of aromatic nitrogens is 2. The van der Waals surface area contributed by atoms with E-state index in [4.69, 9.17) is 11.6 Å². The van der Waals surface area contributed by atoms with Crippen molar-refractivity contribution in [2.45, 2.75) is 27.2 Å². The zero-order valence-corrected chi connectivity index (χ0v) is 8.46. The quantitative estimate of drug-likeness (QED) is 0.681. The summed E-state index contributed by atoms with van der Waals surface area (Å²) >= 11 is 6.88. The van der Waals surface area contributed by atoms with Gasteiger partial charge in [-0.1, -0.05) is 20.8 Å². The summed E-state index contributed by atoms with van der Waals surface area (Å²) < 4.78 is 4.63. The van der Waals surface area contributed by atoms with Crippen molar-refractivity contribution < 1.29 is 0 Å². The molecule has 0 aliphatic heterocycles. The van der Waals surface area contributed by atoms with Gasteiger partial charge in [-0.3, -0.25) is 0 Å². The van der Waals surface area contributed by atoms with E-state index in [1.54, 1.807) is 0 Å². The van der Waals surface area contributed by atoms with Crippen LogP contribution in [0.25, 0.3) is 0 Å². The monoisotopic (exact) mass is 190 g/mol. The molecule has 0 saturated carbocycles. The summed E-state index contributed by atoms with van der Waals surface area (Å²) in [5.41, 5.74) is 0.240. The maximum absolute atomic E-state index is 5.63. The maximum atomic E-state index is 5.63. The molecular formula is C7H11ClN2S. The van der Waals surface area contributed by atoms with Crippen molar-refractivity contribution >= 4 is 23.1 Å². The van der Waals surface area contributed by atoms with E-state index < -0.39 is 0 Å². The highest BCUT2D eigenvalue weighted by molar-refractivity contribution is 7.10. The molecule has 1 heterocycles. The molecule has 0 radical (unpaired) electrons. The van der Waals surface area contributed by atoms with Gasteiger partial charge in [-0.15, -0.1) is 0 Å². The fourth-order valence-electron chi connectivity index (χ4n) is 0.779. The molecule has 0 bridgehead atoms. The van der Waals surface area contributed by atoms with E-state index in [1.165, 1.54) is 11.5 Å². The molecular weight excluding hydrogens is 180 g/mol. The third-order valence-electron chi connectivity index (χ3n) is 1.13. The fraction of sp³-hybridized carbons (Fsp3) is 0.714. The number of nitrogens with zero attached hydrogens (tertiary/aromatic N) is 2. The fourth-order valence-corrected chi connectivity index (χ4v) is 1.41. The van der Waals surface area contributed by atoms with Gasteiger partial charge in [0.25, 0.3) is 0 Å². The smallest absolute Gasteiger partial charge is 0.203 e. The molecule has 4 heteroatoms. The third-order valence-corrected chi connectivity index (χ3v) is 1.97. The second kappa shape index (κ2) is 3.07. The van der Waals surface area contributed by atoms with Crippen molar-refractivity contribution in [2.75, 3.05) is 0 Å². The van der Waals surface area contributed by atoms with E-state index in [-0.39, 0.29) is 5.41 Å². The van der Waals surface area contributed by atoms with Crippen LogP contribution in [-0.2, 0) is 6.42 Å². The molecule has 0 aliphatic rings. The highest BCUT2D eigenvalue weighted by Crippen LogP contribution is 2.20. The van der Waals surface area contributed by atoms with Crippen LogP contribution in [0, 0.1) is 5.41 Å². The second-order valence-electron chi connectivity index (χ2n) is 3.70. The van der Waals surface area contributed by atoms with Crippen molar-refractivity contribution in [1.82, 2.24) is 9.36 Å². The largest absolute Gasteiger partial charge is 0.208 e. The lowest BCUT2D eigenvalue weighted by Gasteiger charge is -2.14. The summed E-state index contributed by atoms with van der Waals surface area (Å²) in [6.07, 6.45) is 0.885. The number of hydrogen-bond acceptors (Lipinski definition) is 3. The maximum Gasteiger partial charge on any atom is 0.203 e. The topological polar surface area (TPSA) is 25.8 Å². The van der Waals surface area contributed by atoms with Crippen LogP contribution in [0.15, 0.2) is 0 Å². The van der Waals surface area contributed by atoms with Gasteiger partial charge >= 0.3 is 0 Å². The van der Waals surface area contributed by atoms with E-state index in [1.807, 2.05) is 0 Å². The van der Waals surface area contributed by atoms with E-state index in [2.05, 4.69) is 30.1 Å². The van der Waals surface area contributed by atoms with Gasteiger partial charge in [-0.25, -0.2) is 4.98 Å². The lowest BCUT2D eigenvalue weighted by molar-refractivity contribution is 0.402. The minimum Gasteiger partial charge on any atom is -0.208 e. The Bertz CT molecular complexity index is 239. The van der Waals surface area contributed by atoms with Gasteiger partial charge < -0.3 is 0 Å². The minimum absolute atomic E-state index is 0.240. The number of rotatable bonds is 1. The molecule has 0 amide bonds. The molecule has 0 fully saturated rings. The van der Waals surface area contributed by atoms with Crippen molar-refractivity contribution in [2.24, 2.45) is 5.41 Å². The van der Waals surface area contributed by atoms with Gasteiger partial charge in [0.2, 0.25) is 4.47 Å². The summed E-state index contributed by atoms with van der Waals surface area (Å²) in [7, 11) is 0. The normalized spacial score (nSPS) is 12.0. The highest BCUT2D eigenvalue weighted by atomic mass is 35.5. The lowest BCUT2D eigenvalue weighted by Crippen LogP contribution is -2.10. The van der Waals surface area contributed by atoms with Gasteiger partial charge in [-0.05, 0) is 28.5 Å². The molecule has 0 spiro atoms. The Labute approximate surface area is 75.8 Å². The predicted octanol–water partition coefficient (Wildman–Crippen LogP) is 2.78. The minimum atomic E-state index is 0.240. The Morgan fingerprint density at radius 1 is 1.45 bits per heavy atom. The molecule has 0 N–H and O–H groups in total. The van der Waals surface area contributed by atoms with E-state index in [0.717, 1.165) is 12.2 Å². The Morgan fingerprint density at radius 2 is 2.09 bits per heavy atom. The molecule has 0 unspecified atom stereocenters. The van der Waals surface area contributed by atoms with Crippen LogP contribution in [-0.4, -0.2) is 9.36 Å². The van der Waals surface area contributed by atoms with Gasteiger partial charge in [0, 0.05) is 6.42 Å². The molecule has 2 nitrogen and oxygen atoms in total. The SMILES string of the molecule is CC(C)(C)Cc1nsc(Cl)n1. The summed E-state index contributed by atoms with van der Waals surface area (Å²) in [6.45, 7) is 6.46. The summed E-state index contributed by atoms with van der Waals surface area (Å²) in [5.74, 6) is 0.854. The van der Waals surface area contributed by atoms with Gasteiger partial charge in [0.15, 0.2) is 0 Å². The van der Waals surface area contributed by atoms with E-state index >= 15 is 0 Å². The van der Waals surface area contributed by atoms with Crippen molar-refractivity contribution in [3.8, 4) is 0 Å². The molecule has 1 aromatic rings. The average Bonchev–Trinajstić information content (AvgIpc) is 2.10. The van der Waals surface area contributed by atoms with Crippen molar-refractivity contribution in [3.05, 3.63) is 10.3 Å². The zero-order valence-electron chi connectivity index (χ0n) is 6.89. The average molecular weight is 191 g/mol.